The number of nitrogens with zero attached hydrogens (tertiary/aromatic N) is 2. The van der Waals surface area contributed by atoms with Crippen molar-refractivity contribution in [3.8, 4) is 0 Å². The monoisotopic (exact) mass is 328 g/mol. The molecule has 0 spiro atoms. The number of carbonyl (C=O) groups is 1. The second kappa shape index (κ2) is 7.64. The summed E-state index contributed by atoms with van der Waals surface area (Å²) in [7, 11) is 3.94. The van der Waals surface area contributed by atoms with Gasteiger partial charge in [-0.3, -0.25) is 4.79 Å². The second-order valence-corrected chi connectivity index (χ2v) is 6.44. The SMILES string of the molecule is CN(C)Cc1ccc(C(=O)N2CCO[C@H](Cc3ccccc3)C2)o1. The number of rotatable bonds is 5. The zero-order valence-corrected chi connectivity index (χ0v) is 14.3. The number of ether oxygens (including phenoxy) is 1. The van der Waals surface area contributed by atoms with Gasteiger partial charge in [-0.25, -0.2) is 0 Å². The molecular formula is C19H24N2O3. The highest BCUT2D eigenvalue weighted by Crippen LogP contribution is 2.16. The van der Waals surface area contributed by atoms with Crippen molar-refractivity contribution in [3.05, 3.63) is 59.5 Å². The molecule has 24 heavy (non-hydrogen) atoms. The summed E-state index contributed by atoms with van der Waals surface area (Å²) in [4.78, 5) is 16.5. The molecule has 1 aliphatic heterocycles. The van der Waals surface area contributed by atoms with E-state index >= 15 is 0 Å². The van der Waals surface area contributed by atoms with E-state index in [1.165, 1.54) is 5.56 Å². The molecule has 5 heteroatoms. The Morgan fingerprint density at radius 3 is 2.75 bits per heavy atom. The van der Waals surface area contributed by atoms with E-state index in [1.807, 2.05) is 48.2 Å². The fourth-order valence-corrected chi connectivity index (χ4v) is 2.95. The van der Waals surface area contributed by atoms with Crippen LogP contribution in [0.4, 0.5) is 0 Å². The maximum Gasteiger partial charge on any atom is 0.289 e. The van der Waals surface area contributed by atoms with Crippen molar-refractivity contribution in [1.82, 2.24) is 9.80 Å². The Bertz CT molecular complexity index is 666. The molecule has 0 aliphatic carbocycles. The molecule has 3 rings (SSSR count). The summed E-state index contributed by atoms with van der Waals surface area (Å²) < 4.78 is 11.5. The van der Waals surface area contributed by atoms with Gasteiger partial charge in [-0.2, -0.15) is 0 Å². The largest absolute Gasteiger partial charge is 0.455 e. The predicted molar refractivity (Wildman–Crippen MR) is 91.9 cm³/mol. The van der Waals surface area contributed by atoms with Crippen molar-refractivity contribution < 1.29 is 13.9 Å². The first kappa shape index (κ1) is 16.7. The topological polar surface area (TPSA) is 45.9 Å². The Kier molecular flexibility index (Phi) is 5.33. The van der Waals surface area contributed by atoms with E-state index in [-0.39, 0.29) is 12.0 Å². The van der Waals surface area contributed by atoms with Crippen LogP contribution < -0.4 is 0 Å². The first-order valence-corrected chi connectivity index (χ1v) is 8.30. The highest BCUT2D eigenvalue weighted by atomic mass is 16.5. The number of carbonyl (C=O) groups excluding carboxylic acids is 1. The average Bonchev–Trinajstić information content (AvgIpc) is 3.03. The quantitative estimate of drug-likeness (QED) is 0.846. The van der Waals surface area contributed by atoms with Gasteiger partial charge in [0.2, 0.25) is 0 Å². The van der Waals surface area contributed by atoms with Gasteiger partial charge in [0, 0.05) is 19.5 Å². The Labute approximate surface area is 142 Å². The van der Waals surface area contributed by atoms with E-state index in [2.05, 4.69) is 12.1 Å². The van der Waals surface area contributed by atoms with Crippen LogP contribution in [0.3, 0.4) is 0 Å². The summed E-state index contributed by atoms with van der Waals surface area (Å²) in [6.07, 6.45) is 0.843. The van der Waals surface area contributed by atoms with Crippen LogP contribution in [-0.4, -0.2) is 55.6 Å². The van der Waals surface area contributed by atoms with Crippen LogP contribution >= 0.6 is 0 Å². The van der Waals surface area contributed by atoms with E-state index in [9.17, 15) is 4.79 Å². The molecule has 0 N–H and O–H groups in total. The van der Waals surface area contributed by atoms with Crippen LogP contribution in [0, 0.1) is 0 Å². The molecule has 1 amide bonds. The average molecular weight is 328 g/mol. The minimum absolute atomic E-state index is 0.0290. The minimum Gasteiger partial charge on any atom is -0.455 e. The number of benzene rings is 1. The lowest BCUT2D eigenvalue weighted by atomic mass is 10.1. The van der Waals surface area contributed by atoms with Gasteiger partial charge < -0.3 is 19.0 Å². The third-order valence-corrected chi connectivity index (χ3v) is 4.08. The fraction of sp³-hybridized carbons (Fsp3) is 0.421. The van der Waals surface area contributed by atoms with Crippen LogP contribution in [0.2, 0.25) is 0 Å². The number of hydrogen-bond acceptors (Lipinski definition) is 4. The van der Waals surface area contributed by atoms with E-state index < -0.39 is 0 Å². The van der Waals surface area contributed by atoms with Gasteiger partial charge in [0.15, 0.2) is 5.76 Å². The van der Waals surface area contributed by atoms with E-state index in [4.69, 9.17) is 9.15 Å². The van der Waals surface area contributed by atoms with Crippen molar-refractivity contribution in [2.75, 3.05) is 33.8 Å². The summed E-state index contributed by atoms with van der Waals surface area (Å²) in [6.45, 7) is 2.45. The first-order valence-electron chi connectivity index (χ1n) is 8.30. The molecule has 2 heterocycles. The van der Waals surface area contributed by atoms with E-state index in [0.717, 1.165) is 12.2 Å². The molecule has 0 radical (unpaired) electrons. The van der Waals surface area contributed by atoms with E-state index in [1.54, 1.807) is 6.07 Å². The predicted octanol–water partition coefficient (Wildman–Crippen LogP) is 2.42. The smallest absolute Gasteiger partial charge is 0.289 e. The molecule has 0 saturated carbocycles. The van der Waals surface area contributed by atoms with Gasteiger partial charge in [0.25, 0.3) is 5.91 Å². The molecule has 0 bridgehead atoms. The molecule has 5 nitrogen and oxygen atoms in total. The van der Waals surface area contributed by atoms with Gasteiger partial charge in [0.05, 0.1) is 19.3 Å². The maximum atomic E-state index is 12.7. The Balaban J connectivity index is 1.61. The van der Waals surface area contributed by atoms with Crippen molar-refractivity contribution in [2.45, 2.75) is 19.1 Å². The van der Waals surface area contributed by atoms with Gasteiger partial charge >= 0.3 is 0 Å². The van der Waals surface area contributed by atoms with Crippen LogP contribution in [-0.2, 0) is 17.7 Å². The molecule has 1 aliphatic rings. The van der Waals surface area contributed by atoms with Crippen LogP contribution in [0.5, 0.6) is 0 Å². The molecular weight excluding hydrogens is 304 g/mol. The van der Waals surface area contributed by atoms with Crippen LogP contribution in [0.1, 0.15) is 21.9 Å². The maximum absolute atomic E-state index is 12.7. The molecule has 0 unspecified atom stereocenters. The van der Waals surface area contributed by atoms with Crippen LogP contribution in [0.15, 0.2) is 46.9 Å². The van der Waals surface area contributed by atoms with Gasteiger partial charge in [-0.15, -0.1) is 0 Å². The zero-order chi connectivity index (χ0) is 16.9. The summed E-state index contributed by atoms with van der Waals surface area (Å²) >= 11 is 0. The lowest BCUT2D eigenvalue weighted by Gasteiger charge is -2.32. The molecule has 1 aromatic heterocycles. The molecule has 128 valence electrons. The van der Waals surface area contributed by atoms with Crippen molar-refractivity contribution >= 4 is 5.91 Å². The molecule has 2 aromatic rings. The normalized spacial score (nSPS) is 18.1. The van der Waals surface area contributed by atoms with Gasteiger partial charge in [-0.05, 0) is 31.8 Å². The Morgan fingerprint density at radius 1 is 1.21 bits per heavy atom. The van der Waals surface area contributed by atoms with Crippen molar-refractivity contribution in [3.63, 3.8) is 0 Å². The van der Waals surface area contributed by atoms with Crippen LogP contribution in [0.25, 0.3) is 0 Å². The Hall–Kier alpha value is -2.11. The first-order chi connectivity index (χ1) is 11.6. The van der Waals surface area contributed by atoms with Crippen molar-refractivity contribution in [2.24, 2.45) is 0 Å². The summed E-state index contributed by atoms with van der Waals surface area (Å²) in [5.41, 5.74) is 1.23. The third kappa shape index (κ3) is 4.24. The highest BCUT2D eigenvalue weighted by molar-refractivity contribution is 5.91. The van der Waals surface area contributed by atoms with Gasteiger partial charge in [-0.1, -0.05) is 30.3 Å². The molecule has 1 atom stereocenters. The summed E-state index contributed by atoms with van der Waals surface area (Å²) in [5.74, 6) is 1.16. The summed E-state index contributed by atoms with van der Waals surface area (Å²) in [6, 6.07) is 13.9. The lowest BCUT2D eigenvalue weighted by Crippen LogP contribution is -2.46. The highest BCUT2D eigenvalue weighted by Gasteiger charge is 2.27. The number of morpholine rings is 1. The molecule has 1 aromatic carbocycles. The number of amides is 1. The fourth-order valence-electron chi connectivity index (χ4n) is 2.95. The zero-order valence-electron chi connectivity index (χ0n) is 14.3. The summed E-state index contributed by atoms with van der Waals surface area (Å²) in [5, 5.41) is 0. The molecule has 1 fully saturated rings. The Morgan fingerprint density at radius 2 is 2.00 bits per heavy atom. The van der Waals surface area contributed by atoms with Gasteiger partial charge in [0.1, 0.15) is 5.76 Å². The standard InChI is InChI=1S/C19H24N2O3/c1-20(2)13-16-8-9-18(24-16)19(22)21-10-11-23-17(14-21)12-15-6-4-3-5-7-15/h3-9,17H,10-14H2,1-2H3/t17-/m1/s1. The third-order valence-electron chi connectivity index (χ3n) is 4.08. The number of hydrogen-bond donors (Lipinski definition) is 0. The molecule has 1 saturated heterocycles. The number of furan rings is 1. The lowest BCUT2D eigenvalue weighted by molar-refractivity contribution is -0.0218. The second-order valence-electron chi connectivity index (χ2n) is 6.44. The van der Waals surface area contributed by atoms with Crippen molar-refractivity contribution in [1.29, 1.82) is 0 Å². The van der Waals surface area contributed by atoms with E-state index in [0.29, 0.717) is 32.0 Å². The minimum atomic E-state index is -0.0543.